The van der Waals surface area contributed by atoms with Crippen LogP contribution in [0.4, 0.5) is 0 Å². The van der Waals surface area contributed by atoms with Crippen molar-refractivity contribution in [3.05, 3.63) is 21.3 Å². The third-order valence-electron chi connectivity index (χ3n) is 4.23. The van der Waals surface area contributed by atoms with Gasteiger partial charge >= 0.3 is 5.97 Å². The lowest BCUT2D eigenvalue weighted by Crippen LogP contribution is -2.42. The molecular weight excluding hydrogens is 350 g/mol. The summed E-state index contributed by atoms with van der Waals surface area (Å²) in [7, 11) is 0. The van der Waals surface area contributed by atoms with E-state index in [9.17, 15) is 14.4 Å². The maximum absolute atomic E-state index is 11.9. The number of nitrogens with one attached hydrogen (secondary N) is 1. The Kier molecular flexibility index (Phi) is 7.24. The molecule has 1 N–H and O–H groups in total. The van der Waals surface area contributed by atoms with E-state index in [4.69, 9.17) is 16.3 Å². The number of halogens is 1. The Morgan fingerprint density at radius 1 is 1.25 bits per heavy atom. The number of hydrogen-bond donors (Lipinski definition) is 1. The summed E-state index contributed by atoms with van der Waals surface area (Å²) in [4.78, 5) is 35.9. The monoisotopic (exact) mass is 371 g/mol. The molecule has 132 valence electrons. The van der Waals surface area contributed by atoms with Crippen LogP contribution >= 0.6 is 22.9 Å². The maximum Gasteiger partial charge on any atom is 0.306 e. The molecule has 1 amide bonds. The first-order valence-electron chi connectivity index (χ1n) is 8.19. The number of carbonyl (C=O) groups excluding carboxylic acids is 3. The number of thiophene rings is 1. The molecule has 1 heterocycles. The van der Waals surface area contributed by atoms with Crippen LogP contribution in [0.25, 0.3) is 0 Å². The molecule has 0 aliphatic heterocycles. The zero-order chi connectivity index (χ0) is 17.5. The fourth-order valence-electron chi connectivity index (χ4n) is 2.80. The summed E-state index contributed by atoms with van der Waals surface area (Å²) in [5.74, 6) is -0.519. The first-order valence-corrected chi connectivity index (χ1v) is 9.38. The van der Waals surface area contributed by atoms with E-state index in [1.54, 1.807) is 12.1 Å². The number of rotatable bonds is 7. The Bertz CT molecular complexity index is 601. The van der Waals surface area contributed by atoms with Crippen molar-refractivity contribution in [2.24, 2.45) is 5.92 Å². The van der Waals surface area contributed by atoms with Gasteiger partial charge in [0.05, 0.1) is 15.6 Å². The highest BCUT2D eigenvalue weighted by Crippen LogP contribution is 2.24. The van der Waals surface area contributed by atoms with E-state index < -0.39 is 5.97 Å². The van der Waals surface area contributed by atoms with Crippen molar-refractivity contribution < 1.29 is 19.1 Å². The van der Waals surface area contributed by atoms with Crippen LogP contribution in [0.1, 0.15) is 55.1 Å². The first-order chi connectivity index (χ1) is 11.5. The molecule has 1 aliphatic rings. The normalized spacial score (nSPS) is 20.4. The van der Waals surface area contributed by atoms with E-state index in [0.717, 1.165) is 19.3 Å². The molecule has 24 heavy (non-hydrogen) atoms. The predicted molar refractivity (Wildman–Crippen MR) is 93.4 cm³/mol. The molecule has 0 unspecified atom stereocenters. The summed E-state index contributed by atoms with van der Waals surface area (Å²) >= 11 is 6.96. The third kappa shape index (κ3) is 5.91. The lowest BCUT2D eigenvalue weighted by molar-refractivity contribution is -0.148. The first kappa shape index (κ1) is 18.9. The second kappa shape index (κ2) is 9.18. The number of Topliss-reactive ketones (excluding diaryl/α,β-unsaturated/α-hetero) is 1. The van der Waals surface area contributed by atoms with Crippen molar-refractivity contribution >= 4 is 40.6 Å². The largest absolute Gasteiger partial charge is 0.456 e. The number of amides is 1. The summed E-state index contributed by atoms with van der Waals surface area (Å²) in [5, 5.41) is 2.92. The number of ketones is 1. The van der Waals surface area contributed by atoms with E-state index in [1.807, 2.05) is 0 Å². The molecule has 5 nitrogen and oxygen atoms in total. The van der Waals surface area contributed by atoms with Gasteiger partial charge in [0.15, 0.2) is 12.4 Å². The molecule has 1 aromatic heterocycles. The maximum atomic E-state index is 11.9. The molecule has 7 heteroatoms. The zero-order valence-corrected chi connectivity index (χ0v) is 15.3. The van der Waals surface area contributed by atoms with Crippen LogP contribution in [-0.4, -0.2) is 30.3 Å². The minimum atomic E-state index is -0.544. The molecule has 1 aliphatic carbocycles. The standard InChI is InChI=1S/C17H22ClNO4S/c1-11-4-2-3-5-12(11)19-16(21)10-23-17(22)9-6-13(20)14-7-8-15(18)24-14/h7-8,11-12H,2-6,9-10H2,1H3,(H,19,21)/t11-,12+/m0/s1. The van der Waals surface area contributed by atoms with Crippen molar-refractivity contribution in [3.8, 4) is 0 Å². The van der Waals surface area contributed by atoms with E-state index in [2.05, 4.69) is 12.2 Å². The topological polar surface area (TPSA) is 72.5 Å². The third-order valence-corrected chi connectivity index (χ3v) is 5.50. The van der Waals surface area contributed by atoms with E-state index in [1.165, 1.54) is 17.8 Å². The van der Waals surface area contributed by atoms with Crippen LogP contribution in [0.15, 0.2) is 12.1 Å². The summed E-state index contributed by atoms with van der Waals surface area (Å²) in [5.41, 5.74) is 0. The van der Waals surface area contributed by atoms with E-state index in [0.29, 0.717) is 15.1 Å². The van der Waals surface area contributed by atoms with Crippen LogP contribution in [0.5, 0.6) is 0 Å². The van der Waals surface area contributed by atoms with Crippen molar-refractivity contribution in [1.29, 1.82) is 0 Å². The molecule has 0 bridgehead atoms. The van der Waals surface area contributed by atoms with Gasteiger partial charge in [-0.05, 0) is 30.9 Å². The van der Waals surface area contributed by atoms with Crippen LogP contribution in [0.2, 0.25) is 4.34 Å². The predicted octanol–water partition coefficient (Wildman–Crippen LogP) is 3.60. The second-order valence-corrected chi connectivity index (χ2v) is 7.84. The second-order valence-electron chi connectivity index (χ2n) is 6.12. The Balaban J connectivity index is 1.65. The molecule has 0 spiro atoms. The molecule has 0 radical (unpaired) electrons. The van der Waals surface area contributed by atoms with Crippen LogP contribution < -0.4 is 5.32 Å². The number of ether oxygens (including phenoxy) is 1. The number of hydrogen-bond acceptors (Lipinski definition) is 5. The van der Waals surface area contributed by atoms with Gasteiger partial charge in [-0.15, -0.1) is 11.3 Å². The van der Waals surface area contributed by atoms with Crippen molar-refractivity contribution in [2.45, 2.75) is 51.5 Å². The Hall–Kier alpha value is -1.40. The summed E-state index contributed by atoms with van der Waals surface area (Å²) in [6.45, 7) is 1.83. The molecule has 2 atom stereocenters. The summed E-state index contributed by atoms with van der Waals surface area (Å²) in [6, 6.07) is 3.45. The van der Waals surface area contributed by atoms with Gasteiger partial charge in [0.25, 0.3) is 5.91 Å². The Morgan fingerprint density at radius 3 is 2.67 bits per heavy atom. The van der Waals surface area contributed by atoms with Gasteiger partial charge in [0.2, 0.25) is 0 Å². The highest BCUT2D eigenvalue weighted by Gasteiger charge is 2.23. The van der Waals surface area contributed by atoms with Crippen LogP contribution in [0, 0.1) is 5.92 Å². The lowest BCUT2D eigenvalue weighted by Gasteiger charge is -2.29. The van der Waals surface area contributed by atoms with Gasteiger partial charge in [0.1, 0.15) is 0 Å². The smallest absolute Gasteiger partial charge is 0.306 e. The van der Waals surface area contributed by atoms with Gasteiger partial charge in [-0.3, -0.25) is 14.4 Å². The number of carbonyl (C=O) groups is 3. The van der Waals surface area contributed by atoms with E-state index >= 15 is 0 Å². The van der Waals surface area contributed by atoms with E-state index in [-0.39, 0.29) is 37.2 Å². The molecular formula is C17H22ClNO4S. The SMILES string of the molecule is C[C@H]1CCCC[C@H]1NC(=O)COC(=O)CCC(=O)c1ccc(Cl)s1. The highest BCUT2D eigenvalue weighted by molar-refractivity contribution is 7.18. The zero-order valence-electron chi connectivity index (χ0n) is 13.7. The molecule has 0 aromatic carbocycles. The lowest BCUT2D eigenvalue weighted by atomic mass is 9.86. The summed E-state index contributed by atoms with van der Waals surface area (Å²) in [6.07, 6.45) is 4.41. The quantitative estimate of drug-likeness (QED) is 0.587. The van der Waals surface area contributed by atoms with Crippen molar-refractivity contribution in [1.82, 2.24) is 5.32 Å². The Labute approximate surface area is 150 Å². The minimum Gasteiger partial charge on any atom is -0.456 e. The van der Waals surface area contributed by atoms with Crippen molar-refractivity contribution in [2.75, 3.05) is 6.61 Å². The average Bonchev–Trinajstić information content (AvgIpc) is 2.99. The van der Waals surface area contributed by atoms with Crippen LogP contribution in [-0.2, 0) is 14.3 Å². The molecule has 1 fully saturated rings. The van der Waals surface area contributed by atoms with Crippen LogP contribution in [0.3, 0.4) is 0 Å². The van der Waals surface area contributed by atoms with Gasteiger partial charge in [-0.1, -0.05) is 31.4 Å². The Morgan fingerprint density at radius 2 is 2.00 bits per heavy atom. The van der Waals surface area contributed by atoms with Gasteiger partial charge in [-0.2, -0.15) is 0 Å². The van der Waals surface area contributed by atoms with Crippen molar-refractivity contribution in [3.63, 3.8) is 0 Å². The summed E-state index contributed by atoms with van der Waals surface area (Å²) < 4.78 is 5.48. The highest BCUT2D eigenvalue weighted by atomic mass is 35.5. The molecule has 1 saturated carbocycles. The molecule has 0 saturated heterocycles. The van der Waals surface area contributed by atoms with Gasteiger partial charge < -0.3 is 10.1 Å². The van der Waals surface area contributed by atoms with Gasteiger partial charge in [-0.25, -0.2) is 0 Å². The average molecular weight is 372 g/mol. The fraction of sp³-hybridized carbons (Fsp3) is 0.588. The number of esters is 1. The van der Waals surface area contributed by atoms with Gasteiger partial charge in [0, 0.05) is 12.5 Å². The minimum absolute atomic E-state index is 0.0402. The fourth-order valence-corrected chi connectivity index (χ4v) is 3.81. The molecule has 1 aromatic rings. The molecule has 2 rings (SSSR count).